The van der Waals surface area contributed by atoms with Crippen LogP contribution in [0.5, 0.6) is 0 Å². The van der Waals surface area contributed by atoms with Gasteiger partial charge in [0.05, 0.1) is 0 Å². The van der Waals surface area contributed by atoms with Gasteiger partial charge in [0.1, 0.15) is 0 Å². The van der Waals surface area contributed by atoms with Crippen molar-refractivity contribution in [2.75, 3.05) is 18.0 Å². The van der Waals surface area contributed by atoms with Gasteiger partial charge in [-0.25, -0.2) is 0 Å². The second-order valence-corrected chi connectivity index (χ2v) is 6.61. The SMILES string of the molecule is Cc1cccc(N(CCCN)C(=O)C2C3CCCCC32)c1. The van der Waals surface area contributed by atoms with Crippen molar-refractivity contribution in [1.82, 2.24) is 0 Å². The van der Waals surface area contributed by atoms with Gasteiger partial charge in [0.15, 0.2) is 0 Å². The van der Waals surface area contributed by atoms with Crippen molar-refractivity contribution in [2.45, 2.75) is 39.0 Å². The van der Waals surface area contributed by atoms with Gasteiger partial charge in [0.25, 0.3) is 0 Å². The highest BCUT2D eigenvalue weighted by atomic mass is 16.2. The molecule has 3 rings (SSSR count). The summed E-state index contributed by atoms with van der Waals surface area (Å²) in [5, 5.41) is 0. The number of fused-ring (bicyclic) bond motifs is 1. The van der Waals surface area contributed by atoms with Gasteiger partial charge in [-0.3, -0.25) is 4.79 Å². The Balaban J connectivity index is 1.77. The minimum Gasteiger partial charge on any atom is -0.330 e. The van der Waals surface area contributed by atoms with Crippen molar-refractivity contribution in [2.24, 2.45) is 23.5 Å². The molecule has 0 aromatic heterocycles. The molecular formula is C18H26N2O. The average Bonchev–Trinajstić information content (AvgIpc) is 3.22. The number of hydrogen-bond donors (Lipinski definition) is 1. The maximum absolute atomic E-state index is 13.0. The van der Waals surface area contributed by atoms with Gasteiger partial charge in [0.2, 0.25) is 5.91 Å². The molecule has 0 radical (unpaired) electrons. The summed E-state index contributed by atoms with van der Waals surface area (Å²) in [6.07, 6.45) is 5.97. The van der Waals surface area contributed by atoms with E-state index in [1.807, 2.05) is 17.0 Å². The number of benzene rings is 1. The molecule has 1 aromatic carbocycles. The maximum Gasteiger partial charge on any atom is 0.230 e. The summed E-state index contributed by atoms with van der Waals surface area (Å²) in [6, 6.07) is 8.27. The summed E-state index contributed by atoms with van der Waals surface area (Å²) in [4.78, 5) is 15.0. The number of carbonyl (C=O) groups is 1. The van der Waals surface area contributed by atoms with E-state index in [2.05, 4.69) is 19.1 Å². The molecule has 1 aromatic rings. The summed E-state index contributed by atoms with van der Waals surface area (Å²) in [7, 11) is 0. The second kappa shape index (κ2) is 6.18. The molecule has 1 amide bonds. The molecule has 2 aliphatic rings. The molecule has 2 unspecified atom stereocenters. The van der Waals surface area contributed by atoms with Gasteiger partial charge in [-0.15, -0.1) is 0 Å². The van der Waals surface area contributed by atoms with Crippen LogP contribution in [0.2, 0.25) is 0 Å². The number of rotatable bonds is 5. The molecule has 0 saturated heterocycles. The zero-order valence-electron chi connectivity index (χ0n) is 12.9. The minimum absolute atomic E-state index is 0.283. The Bertz CT molecular complexity index is 502. The zero-order valence-corrected chi connectivity index (χ0v) is 12.9. The topological polar surface area (TPSA) is 46.3 Å². The van der Waals surface area contributed by atoms with Gasteiger partial charge in [-0.2, -0.15) is 0 Å². The van der Waals surface area contributed by atoms with Gasteiger partial charge >= 0.3 is 0 Å². The average molecular weight is 286 g/mol. The molecule has 2 N–H and O–H groups in total. The number of nitrogens with two attached hydrogens (primary N) is 1. The first-order valence-corrected chi connectivity index (χ1v) is 8.30. The van der Waals surface area contributed by atoms with E-state index >= 15 is 0 Å². The van der Waals surface area contributed by atoms with E-state index in [1.54, 1.807) is 0 Å². The molecular weight excluding hydrogens is 260 g/mol. The first-order valence-electron chi connectivity index (χ1n) is 8.30. The van der Waals surface area contributed by atoms with E-state index < -0.39 is 0 Å². The van der Waals surface area contributed by atoms with Crippen LogP contribution in [0.25, 0.3) is 0 Å². The largest absolute Gasteiger partial charge is 0.330 e. The van der Waals surface area contributed by atoms with Crippen LogP contribution in [-0.4, -0.2) is 19.0 Å². The molecule has 3 nitrogen and oxygen atoms in total. The number of amides is 1. The van der Waals surface area contributed by atoms with E-state index in [0.717, 1.165) is 18.7 Å². The van der Waals surface area contributed by atoms with E-state index in [4.69, 9.17) is 5.73 Å². The molecule has 3 heteroatoms. The highest BCUT2D eigenvalue weighted by Gasteiger charge is 2.55. The summed E-state index contributed by atoms with van der Waals surface area (Å²) < 4.78 is 0. The van der Waals surface area contributed by atoms with Crippen LogP contribution in [0.1, 0.15) is 37.7 Å². The van der Waals surface area contributed by atoms with Crippen LogP contribution >= 0.6 is 0 Å². The fourth-order valence-corrected chi connectivity index (χ4v) is 3.95. The number of anilines is 1. The highest BCUT2D eigenvalue weighted by molar-refractivity contribution is 5.97. The van der Waals surface area contributed by atoms with Crippen LogP contribution < -0.4 is 10.6 Å². The summed E-state index contributed by atoms with van der Waals surface area (Å²) >= 11 is 0. The quantitative estimate of drug-likeness (QED) is 0.904. The highest BCUT2D eigenvalue weighted by Crippen LogP contribution is 2.56. The van der Waals surface area contributed by atoms with Gasteiger partial charge in [-0.1, -0.05) is 25.0 Å². The van der Waals surface area contributed by atoms with Crippen LogP contribution in [0.3, 0.4) is 0 Å². The van der Waals surface area contributed by atoms with Gasteiger partial charge in [-0.05, 0) is 62.3 Å². The van der Waals surface area contributed by atoms with Gasteiger partial charge in [0, 0.05) is 18.2 Å². The maximum atomic E-state index is 13.0. The summed E-state index contributed by atoms with van der Waals surface area (Å²) in [5.41, 5.74) is 7.89. The fourth-order valence-electron chi connectivity index (χ4n) is 3.95. The normalized spacial score (nSPS) is 27.0. The molecule has 2 aliphatic carbocycles. The van der Waals surface area contributed by atoms with Crippen molar-refractivity contribution >= 4 is 11.6 Å². The van der Waals surface area contributed by atoms with Crippen LogP contribution in [0, 0.1) is 24.7 Å². The lowest BCUT2D eigenvalue weighted by molar-refractivity contribution is -0.120. The molecule has 0 heterocycles. The Morgan fingerprint density at radius 1 is 1.29 bits per heavy atom. The number of nitrogens with zero attached hydrogens (tertiary/aromatic N) is 1. The molecule has 0 spiro atoms. The van der Waals surface area contributed by atoms with Crippen molar-refractivity contribution in [1.29, 1.82) is 0 Å². The third-order valence-corrected chi connectivity index (χ3v) is 5.11. The number of carbonyl (C=O) groups excluding carboxylic acids is 1. The standard InChI is InChI=1S/C18H26N2O/c1-13-6-4-7-14(12-13)20(11-5-10-19)18(21)17-15-8-2-3-9-16(15)17/h4,6-7,12,15-17H,2-3,5,8-11,19H2,1H3. The Kier molecular flexibility index (Phi) is 4.29. The Morgan fingerprint density at radius 3 is 2.62 bits per heavy atom. The van der Waals surface area contributed by atoms with Gasteiger partial charge < -0.3 is 10.6 Å². The summed E-state index contributed by atoms with van der Waals surface area (Å²) in [6.45, 7) is 3.45. The summed E-state index contributed by atoms with van der Waals surface area (Å²) in [5.74, 6) is 1.95. The molecule has 0 aliphatic heterocycles. The third kappa shape index (κ3) is 2.98. The lowest BCUT2D eigenvalue weighted by Gasteiger charge is -2.23. The minimum atomic E-state index is 0.283. The Labute approximate surface area is 127 Å². The zero-order chi connectivity index (χ0) is 14.8. The number of aryl methyl sites for hydroxylation is 1. The molecule has 114 valence electrons. The lowest BCUT2D eigenvalue weighted by Crippen LogP contribution is -2.35. The molecule has 2 fully saturated rings. The van der Waals surface area contributed by atoms with E-state index in [0.29, 0.717) is 24.3 Å². The van der Waals surface area contributed by atoms with E-state index in [9.17, 15) is 4.79 Å². The Hall–Kier alpha value is -1.35. The lowest BCUT2D eigenvalue weighted by atomic mass is 10.0. The molecule has 2 saturated carbocycles. The fraction of sp³-hybridized carbons (Fsp3) is 0.611. The van der Waals surface area contributed by atoms with Crippen molar-refractivity contribution in [3.63, 3.8) is 0 Å². The van der Waals surface area contributed by atoms with Crippen LogP contribution in [0.4, 0.5) is 5.69 Å². The first-order chi connectivity index (χ1) is 10.2. The smallest absolute Gasteiger partial charge is 0.230 e. The van der Waals surface area contributed by atoms with E-state index in [-0.39, 0.29) is 5.92 Å². The monoisotopic (exact) mass is 286 g/mol. The third-order valence-electron chi connectivity index (χ3n) is 5.11. The van der Waals surface area contributed by atoms with E-state index in [1.165, 1.54) is 31.2 Å². The number of hydrogen-bond acceptors (Lipinski definition) is 2. The van der Waals surface area contributed by atoms with Crippen molar-refractivity contribution in [3.8, 4) is 0 Å². The second-order valence-electron chi connectivity index (χ2n) is 6.61. The molecule has 0 bridgehead atoms. The first kappa shape index (κ1) is 14.6. The molecule has 2 atom stereocenters. The predicted molar refractivity (Wildman–Crippen MR) is 86.1 cm³/mol. The van der Waals surface area contributed by atoms with Crippen LogP contribution in [0.15, 0.2) is 24.3 Å². The van der Waals surface area contributed by atoms with Crippen LogP contribution in [-0.2, 0) is 4.79 Å². The van der Waals surface area contributed by atoms with Crippen molar-refractivity contribution in [3.05, 3.63) is 29.8 Å². The predicted octanol–water partition coefficient (Wildman–Crippen LogP) is 3.11. The molecule has 21 heavy (non-hydrogen) atoms. The Morgan fingerprint density at radius 2 is 2.00 bits per heavy atom. The van der Waals surface area contributed by atoms with Crippen molar-refractivity contribution < 1.29 is 4.79 Å².